The van der Waals surface area contributed by atoms with E-state index in [9.17, 15) is 9.59 Å². The Morgan fingerprint density at radius 3 is 2.54 bits per heavy atom. The molecule has 0 spiro atoms. The predicted octanol–water partition coefficient (Wildman–Crippen LogP) is 3.62. The predicted molar refractivity (Wildman–Crippen MR) is 104 cm³/mol. The maximum Gasteiger partial charge on any atom is 0.270 e. The van der Waals surface area contributed by atoms with Crippen LogP contribution < -0.4 is 5.43 Å². The summed E-state index contributed by atoms with van der Waals surface area (Å²) < 4.78 is 2.43. The van der Waals surface area contributed by atoms with Crippen LogP contribution in [0.2, 0.25) is 0 Å². The van der Waals surface area contributed by atoms with Crippen LogP contribution in [0.1, 0.15) is 37.1 Å². The van der Waals surface area contributed by atoms with Crippen molar-refractivity contribution in [3.05, 3.63) is 63.9 Å². The standard InChI is InChI=1S/C18H18N4O2S2/c1-11-9-15(16(23)10-25-18-20-19-13(3)26-18)12(2)22(11)21-17(24)14-7-5-4-6-8-14/h4-9H,10H2,1-3H3,(H,21,24). The van der Waals surface area contributed by atoms with Crippen LogP contribution in [0, 0.1) is 20.8 Å². The van der Waals surface area contributed by atoms with Crippen molar-refractivity contribution in [3.63, 3.8) is 0 Å². The number of carbonyl (C=O) groups excluding carboxylic acids is 2. The monoisotopic (exact) mass is 386 g/mol. The van der Waals surface area contributed by atoms with Crippen molar-refractivity contribution >= 4 is 34.8 Å². The first-order valence-corrected chi connectivity index (χ1v) is 9.77. The van der Waals surface area contributed by atoms with E-state index in [1.165, 1.54) is 23.1 Å². The number of nitrogens with one attached hydrogen (secondary N) is 1. The number of carbonyl (C=O) groups is 2. The topological polar surface area (TPSA) is 76.9 Å². The largest absolute Gasteiger partial charge is 0.293 e. The Kier molecular flexibility index (Phi) is 5.53. The number of ketones is 1. The van der Waals surface area contributed by atoms with Gasteiger partial charge in [-0.3, -0.25) is 19.7 Å². The van der Waals surface area contributed by atoms with E-state index in [0.717, 1.165) is 15.0 Å². The molecule has 1 amide bonds. The highest BCUT2D eigenvalue weighted by Crippen LogP contribution is 2.24. The fourth-order valence-corrected chi connectivity index (χ4v) is 4.21. The van der Waals surface area contributed by atoms with E-state index >= 15 is 0 Å². The second-order valence-electron chi connectivity index (χ2n) is 5.73. The maximum atomic E-state index is 12.6. The van der Waals surface area contributed by atoms with Crippen LogP contribution in [0.4, 0.5) is 0 Å². The second kappa shape index (κ2) is 7.84. The van der Waals surface area contributed by atoms with Crippen LogP contribution in [0.5, 0.6) is 0 Å². The highest BCUT2D eigenvalue weighted by atomic mass is 32.2. The third kappa shape index (κ3) is 4.03. The zero-order chi connectivity index (χ0) is 18.7. The minimum atomic E-state index is -0.217. The van der Waals surface area contributed by atoms with Gasteiger partial charge < -0.3 is 0 Å². The van der Waals surface area contributed by atoms with Gasteiger partial charge in [-0.15, -0.1) is 10.2 Å². The first kappa shape index (κ1) is 18.3. The Hall–Kier alpha value is -2.45. The van der Waals surface area contributed by atoms with E-state index in [2.05, 4.69) is 15.6 Å². The number of aryl methyl sites for hydroxylation is 2. The molecule has 1 N–H and O–H groups in total. The summed E-state index contributed by atoms with van der Waals surface area (Å²) in [5.41, 5.74) is 5.52. The summed E-state index contributed by atoms with van der Waals surface area (Å²) in [7, 11) is 0. The van der Waals surface area contributed by atoms with Crippen molar-refractivity contribution < 1.29 is 9.59 Å². The molecule has 0 saturated heterocycles. The molecule has 2 aromatic heterocycles. The van der Waals surface area contributed by atoms with Crippen molar-refractivity contribution in [2.45, 2.75) is 25.1 Å². The number of hydrogen-bond donors (Lipinski definition) is 1. The van der Waals surface area contributed by atoms with Gasteiger partial charge in [-0.25, -0.2) is 0 Å². The molecule has 0 aliphatic carbocycles. The van der Waals surface area contributed by atoms with E-state index < -0.39 is 0 Å². The molecule has 26 heavy (non-hydrogen) atoms. The Bertz CT molecular complexity index is 948. The average molecular weight is 387 g/mol. The van der Waals surface area contributed by atoms with Gasteiger partial charge in [0.05, 0.1) is 5.75 Å². The molecule has 0 saturated carbocycles. The zero-order valence-corrected chi connectivity index (χ0v) is 16.3. The molecule has 8 heteroatoms. The summed E-state index contributed by atoms with van der Waals surface area (Å²) in [6.45, 7) is 5.56. The lowest BCUT2D eigenvalue weighted by Crippen LogP contribution is -2.25. The van der Waals surface area contributed by atoms with E-state index in [1.807, 2.05) is 39.0 Å². The summed E-state index contributed by atoms with van der Waals surface area (Å²) in [5, 5.41) is 8.84. The lowest BCUT2D eigenvalue weighted by Gasteiger charge is -2.11. The van der Waals surface area contributed by atoms with Crippen LogP contribution >= 0.6 is 23.1 Å². The van der Waals surface area contributed by atoms with Gasteiger partial charge >= 0.3 is 0 Å². The zero-order valence-electron chi connectivity index (χ0n) is 14.6. The average Bonchev–Trinajstić information content (AvgIpc) is 3.18. The Labute approximate surface area is 159 Å². The molecular formula is C18H18N4O2S2. The lowest BCUT2D eigenvalue weighted by molar-refractivity contribution is 0.0999. The number of benzene rings is 1. The third-order valence-corrected chi connectivity index (χ3v) is 5.79. The van der Waals surface area contributed by atoms with Gasteiger partial charge in [0, 0.05) is 22.5 Å². The van der Waals surface area contributed by atoms with Crippen LogP contribution in [0.15, 0.2) is 40.7 Å². The van der Waals surface area contributed by atoms with E-state index in [1.54, 1.807) is 22.9 Å². The summed E-state index contributed by atoms with van der Waals surface area (Å²) in [6, 6.07) is 10.8. The number of amides is 1. The Morgan fingerprint density at radius 1 is 1.15 bits per heavy atom. The van der Waals surface area contributed by atoms with Crippen molar-refractivity contribution in [2.75, 3.05) is 11.2 Å². The van der Waals surface area contributed by atoms with Gasteiger partial charge in [0.25, 0.3) is 5.91 Å². The summed E-state index contributed by atoms with van der Waals surface area (Å²) in [4.78, 5) is 25.0. The van der Waals surface area contributed by atoms with Gasteiger partial charge in [-0.1, -0.05) is 41.3 Å². The highest BCUT2D eigenvalue weighted by molar-refractivity contribution is 8.01. The van der Waals surface area contributed by atoms with Crippen molar-refractivity contribution in [2.24, 2.45) is 0 Å². The van der Waals surface area contributed by atoms with E-state index in [4.69, 9.17) is 0 Å². The quantitative estimate of drug-likeness (QED) is 0.517. The lowest BCUT2D eigenvalue weighted by atomic mass is 10.2. The molecule has 0 aliphatic rings. The van der Waals surface area contributed by atoms with Gasteiger partial charge in [0.15, 0.2) is 10.1 Å². The normalized spacial score (nSPS) is 10.7. The highest BCUT2D eigenvalue weighted by Gasteiger charge is 2.18. The van der Waals surface area contributed by atoms with Crippen LogP contribution in [0.3, 0.4) is 0 Å². The minimum absolute atomic E-state index is 0.00355. The summed E-state index contributed by atoms with van der Waals surface area (Å²) >= 11 is 2.85. The van der Waals surface area contributed by atoms with Gasteiger partial charge in [0.2, 0.25) is 0 Å². The van der Waals surface area contributed by atoms with Gasteiger partial charge in [-0.2, -0.15) is 0 Å². The smallest absolute Gasteiger partial charge is 0.270 e. The molecule has 0 unspecified atom stereocenters. The van der Waals surface area contributed by atoms with Crippen LogP contribution in [-0.2, 0) is 0 Å². The minimum Gasteiger partial charge on any atom is -0.293 e. The molecule has 0 atom stereocenters. The van der Waals surface area contributed by atoms with Crippen LogP contribution in [-0.4, -0.2) is 32.3 Å². The van der Waals surface area contributed by atoms with Crippen molar-refractivity contribution in [3.8, 4) is 0 Å². The number of aromatic nitrogens is 3. The molecule has 3 aromatic rings. The number of Topliss-reactive ketones (excluding diaryl/α,β-unsaturated/α-hetero) is 1. The van der Waals surface area contributed by atoms with E-state index in [-0.39, 0.29) is 17.4 Å². The summed E-state index contributed by atoms with van der Waals surface area (Å²) in [6.07, 6.45) is 0. The molecule has 2 heterocycles. The van der Waals surface area contributed by atoms with Crippen molar-refractivity contribution in [1.29, 1.82) is 0 Å². The molecule has 0 bridgehead atoms. The molecule has 0 aliphatic heterocycles. The van der Waals surface area contributed by atoms with E-state index in [0.29, 0.717) is 16.8 Å². The fourth-order valence-electron chi connectivity index (χ4n) is 2.51. The van der Waals surface area contributed by atoms with Gasteiger partial charge in [0.1, 0.15) is 5.01 Å². The molecule has 0 fully saturated rings. The number of thioether (sulfide) groups is 1. The molecule has 1 aromatic carbocycles. The molecule has 134 valence electrons. The number of hydrogen-bond acceptors (Lipinski definition) is 6. The van der Waals surface area contributed by atoms with Gasteiger partial charge in [-0.05, 0) is 39.0 Å². The molecule has 3 rings (SSSR count). The van der Waals surface area contributed by atoms with Crippen LogP contribution in [0.25, 0.3) is 0 Å². The molecule has 6 nitrogen and oxygen atoms in total. The second-order valence-corrected chi connectivity index (χ2v) is 8.13. The third-order valence-electron chi connectivity index (χ3n) is 3.82. The fraction of sp³-hybridized carbons (Fsp3) is 0.222. The first-order chi connectivity index (χ1) is 12.5. The van der Waals surface area contributed by atoms with Crippen molar-refractivity contribution in [1.82, 2.24) is 14.9 Å². The molecule has 0 radical (unpaired) electrons. The number of nitrogens with zero attached hydrogens (tertiary/aromatic N) is 3. The number of rotatable bonds is 6. The first-order valence-electron chi connectivity index (χ1n) is 7.97. The maximum absolute atomic E-state index is 12.6. The Balaban J connectivity index is 1.72. The summed E-state index contributed by atoms with van der Waals surface area (Å²) in [5.74, 6) is 0.0622. The Morgan fingerprint density at radius 2 is 1.88 bits per heavy atom. The SMILES string of the molecule is Cc1nnc(SCC(=O)c2cc(C)n(NC(=O)c3ccccc3)c2C)s1. The molecular weight excluding hydrogens is 368 g/mol.